The first-order valence-corrected chi connectivity index (χ1v) is 6.39. The minimum absolute atomic E-state index is 0.000000000000000444. The van der Waals surface area contributed by atoms with Crippen molar-refractivity contribution in [3.05, 3.63) is 12.2 Å². The molecule has 2 unspecified atom stereocenters. The van der Waals surface area contributed by atoms with Gasteiger partial charge in [-0.3, -0.25) is 0 Å². The van der Waals surface area contributed by atoms with E-state index >= 15 is 0 Å². The first-order chi connectivity index (χ1) is 6.09. The molecule has 1 saturated heterocycles. The SMILES string of the molecule is O=S1(=O)C[C@H](O)C2C1[C@H]1C=C[C@@H]2C1. The molecule has 3 rings (SSSR count). The van der Waals surface area contributed by atoms with Crippen LogP contribution < -0.4 is 0 Å². The van der Waals surface area contributed by atoms with Crippen LogP contribution >= 0.6 is 0 Å². The van der Waals surface area contributed by atoms with E-state index in [1.807, 2.05) is 6.08 Å². The van der Waals surface area contributed by atoms with Gasteiger partial charge in [-0.05, 0) is 18.3 Å². The van der Waals surface area contributed by atoms with E-state index < -0.39 is 15.9 Å². The van der Waals surface area contributed by atoms with Crippen molar-refractivity contribution in [2.45, 2.75) is 17.8 Å². The summed E-state index contributed by atoms with van der Waals surface area (Å²) in [6.45, 7) is 0. The summed E-state index contributed by atoms with van der Waals surface area (Å²) in [7, 11) is -3.01. The van der Waals surface area contributed by atoms with Crippen LogP contribution in [0.25, 0.3) is 0 Å². The zero-order valence-corrected chi connectivity index (χ0v) is 7.94. The van der Waals surface area contributed by atoms with Crippen LogP contribution in [0, 0.1) is 17.8 Å². The molecule has 0 aromatic rings. The number of hydrogen-bond acceptors (Lipinski definition) is 3. The lowest BCUT2D eigenvalue weighted by Crippen LogP contribution is -2.29. The average molecular weight is 200 g/mol. The topological polar surface area (TPSA) is 54.4 Å². The third-order valence-electron chi connectivity index (χ3n) is 3.71. The average Bonchev–Trinajstić information content (AvgIpc) is 2.63. The van der Waals surface area contributed by atoms with E-state index in [4.69, 9.17) is 0 Å². The van der Waals surface area contributed by atoms with Crippen molar-refractivity contribution in [1.82, 2.24) is 0 Å². The lowest BCUT2D eigenvalue weighted by atomic mass is 9.89. The van der Waals surface area contributed by atoms with E-state index in [2.05, 4.69) is 6.08 Å². The van der Waals surface area contributed by atoms with E-state index in [0.717, 1.165) is 6.42 Å². The quantitative estimate of drug-likeness (QED) is 0.558. The van der Waals surface area contributed by atoms with Crippen molar-refractivity contribution < 1.29 is 13.5 Å². The number of sulfone groups is 1. The van der Waals surface area contributed by atoms with Crippen LogP contribution in [0.3, 0.4) is 0 Å². The van der Waals surface area contributed by atoms with E-state index in [0.29, 0.717) is 5.92 Å². The molecule has 0 spiro atoms. The van der Waals surface area contributed by atoms with Gasteiger partial charge in [0.15, 0.2) is 9.84 Å². The van der Waals surface area contributed by atoms with Gasteiger partial charge in [-0.15, -0.1) is 0 Å². The second kappa shape index (κ2) is 2.17. The van der Waals surface area contributed by atoms with Crippen molar-refractivity contribution >= 4 is 9.84 Å². The molecule has 1 saturated carbocycles. The van der Waals surface area contributed by atoms with E-state index in [1.165, 1.54) is 0 Å². The molecule has 1 aliphatic heterocycles. The van der Waals surface area contributed by atoms with Gasteiger partial charge in [0.2, 0.25) is 0 Å². The Morgan fingerprint density at radius 2 is 1.92 bits per heavy atom. The van der Waals surface area contributed by atoms with Crippen molar-refractivity contribution in [1.29, 1.82) is 0 Å². The molecule has 0 aromatic heterocycles. The number of allylic oxidation sites excluding steroid dienone is 2. The summed E-state index contributed by atoms with van der Waals surface area (Å²) in [5.74, 6) is 0.497. The Morgan fingerprint density at radius 1 is 1.23 bits per heavy atom. The fraction of sp³-hybridized carbons (Fsp3) is 0.778. The Balaban J connectivity index is 2.12. The Morgan fingerprint density at radius 3 is 2.62 bits per heavy atom. The maximum atomic E-state index is 11.6. The third kappa shape index (κ3) is 0.854. The summed E-state index contributed by atoms with van der Waals surface area (Å²) in [6.07, 6.45) is 4.41. The summed E-state index contributed by atoms with van der Waals surface area (Å²) in [5, 5.41) is 9.38. The Hall–Kier alpha value is -0.350. The zero-order chi connectivity index (χ0) is 9.22. The number of aliphatic hydroxyl groups excluding tert-OH is 1. The maximum absolute atomic E-state index is 11.6. The van der Waals surface area contributed by atoms with Crippen LogP contribution in [0.2, 0.25) is 0 Å². The minimum atomic E-state index is -3.01. The lowest BCUT2D eigenvalue weighted by molar-refractivity contribution is 0.127. The minimum Gasteiger partial charge on any atom is -0.392 e. The van der Waals surface area contributed by atoms with Gasteiger partial charge in [-0.1, -0.05) is 12.2 Å². The second-order valence-electron chi connectivity index (χ2n) is 4.39. The molecule has 3 aliphatic rings. The predicted molar refractivity (Wildman–Crippen MR) is 47.8 cm³/mol. The molecule has 2 aliphatic carbocycles. The Bertz CT molecular complexity index is 370. The van der Waals surface area contributed by atoms with Crippen molar-refractivity contribution in [2.75, 3.05) is 5.75 Å². The van der Waals surface area contributed by atoms with Crippen LogP contribution in [0.5, 0.6) is 0 Å². The molecular weight excluding hydrogens is 188 g/mol. The van der Waals surface area contributed by atoms with Gasteiger partial charge < -0.3 is 5.11 Å². The van der Waals surface area contributed by atoms with Crippen LogP contribution in [-0.4, -0.2) is 30.6 Å². The molecule has 0 aromatic carbocycles. The molecular formula is C9H12O3S. The summed E-state index contributed by atoms with van der Waals surface area (Å²) in [5.41, 5.74) is 0. The highest BCUT2D eigenvalue weighted by atomic mass is 32.2. The number of hydrogen-bond donors (Lipinski definition) is 1. The van der Waals surface area contributed by atoms with Gasteiger partial charge in [0.25, 0.3) is 0 Å². The van der Waals surface area contributed by atoms with Crippen LogP contribution in [0.15, 0.2) is 12.2 Å². The molecule has 2 fully saturated rings. The molecule has 0 radical (unpaired) electrons. The fourth-order valence-corrected chi connectivity index (χ4v) is 5.80. The van der Waals surface area contributed by atoms with Crippen molar-refractivity contribution in [2.24, 2.45) is 17.8 Å². The smallest absolute Gasteiger partial charge is 0.156 e. The van der Waals surface area contributed by atoms with E-state index in [1.54, 1.807) is 0 Å². The standard InChI is InChI=1S/C9H12O3S/c10-7-4-13(11,12)9-6-2-1-5(3-6)8(7)9/h1-2,5-10H,3-4H2/t5-,6+,7+,8?,9?/m1/s1. The van der Waals surface area contributed by atoms with E-state index in [9.17, 15) is 13.5 Å². The maximum Gasteiger partial charge on any atom is 0.156 e. The molecule has 13 heavy (non-hydrogen) atoms. The zero-order valence-electron chi connectivity index (χ0n) is 7.13. The van der Waals surface area contributed by atoms with Gasteiger partial charge in [-0.25, -0.2) is 8.42 Å². The number of fused-ring (bicyclic) bond motifs is 5. The lowest BCUT2D eigenvalue weighted by Gasteiger charge is -2.20. The summed E-state index contributed by atoms with van der Waals surface area (Å²) >= 11 is 0. The Kier molecular flexibility index (Phi) is 1.34. The summed E-state index contributed by atoms with van der Waals surface area (Å²) < 4.78 is 23.3. The van der Waals surface area contributed by atoms with Gasteiger partial charge in [0, 0.05) is 5.92 Å². The molecule has 3 nitrogen and oxygen atoms in total. The molecule has 4 heteroatoms. The predicted octanol–water partition coefficient (Wildman–Crippen LogP) is -0.0336. The second-order valence-corrected chi connectivity index (χ2v) is 6.59. The van der Waals surface area contributed by atoms with Crippen LogP contribution in [-0.2, 0) is 9.84 Å². The highest BCUT2D eigenvalue weighted by molar-refractivity contribution is 7.92. The largest absolute Gasteiger partial charge is 0.392 e. The summed E-state index contributed by atoms with van der Waals surface area (Å²) in [4.78, 5) is 0. The third-order valence-corrected chi connectivity index (χ3v) is 6.01. The van der Waals surface area contributed by atoms with Crippen LogP contribution in [0.4, 0.5) is 0 Å². The highest BCUT2D eigenvalue weighted by Crippen LogP contribution is 2.52. The van der Waals surface area contributed by atoms with Crippen LogP contribution in [0.1, 0.15) is 6.42 Å². The van der Waals surface area contributed by atoms with Gasteiger partial charge in [0.1, 0.15) is 0 Å². The first-order valence-electron chi connectivity index (χ1n) is 4.67. The highest BCUT2D eigenvalue weighted by Gasteiger charge is 2.58. The molecule has 1 N–H and O–H groups in total. The monoisotopic (exact) mass is 200 g/mol. The van der Waals surface area contributed by atoms with Gasteiger partial charge in [-0.2, -0.15) is 0 Å². The molecule has 5 atom stereocenters. The van der Waals surface area contributed by atoms with E-state index in [-0.39, 0.29) is 22.8 Å². The van der Waals surface area contributed by atoms with Crippen molar-refractivity contribution in [3.8, 4) is 0 Å². The number of aliphatic hydroxyl groups is 1. The normalized spacial score (nSPS) is 55.6. The fourth-order valence-electron chi connectivity index (χ4n) is 3.29. The van der Waals surface area contributed by atoms with Gasteiger partial charge >= 0.3 is 0 Å². The van der Waals surface area contributed by atoms with Crippen molar-refractivity contribution in [3.63, 3.8) is 0 Å². The molecule has 2 bridgehead atoms. The number of rotatable bonds is 0. The molecule has 72 valence electrons. The molecule has 0 amide bonds. The summed E-state index contributed by atoms with van der Waals surface area (Å²) in [6, 6.07) is 0. The molecule has 1 heterocycles. The van der Waals surface area contributed by atoms with Gasteiger partial charge in [0.05, 0.1) is 17.1 Å². The first kappa shape index (κ1) is 8.00. The Labute approximate surface area is 77.4 Å².